The monoisotopic (exact) mass is 250 g/mol. The number of rotatable bonds is 2. The van der Waals surface area contributed by atoms with Gasteiger partial charge < -0.3 is 15.6 Å². The summed E-state index contributed by atoms with van der Waals surface area (Å²) in [5.41, 5.74) is 6.06. The summed E-state index contributed by atoms with van der Waals surface area (Å²) in [5.74, 6) is 0.884. The number of aryl methyl sites for hydroxylation is 1. The van der Waals surface area contributed by atoms with E-state index in [-0.39, 0.29) is 23.9 Å². The third kappa shape index (κ3) is 2.76. The second-order valence-electron chi connectivity index (χ2n) is 4.61. The van der Waals surface area contributed by atoms with Crippen LogP contribution in [0.15, 0.2) is 10.9 Å². The van der Waals surface area contributed by atoms with Crippen molar-refractivity contribution < 1.29 is 4.79 Å². The van der Waals surface area contributed by atoms with Crippen LogP contribution in [0.4, 0.5) is 0 Å². The molecule has 2 rings (SSSR count). The molecule has 1 saturated heterocycles. The minimum absolute atomic E-state index is 0.0106. The molecule has 1 aromatic rings. The second-order valence-corrected chi connectivity index (χ2v) is 4.61. The SMILES string of the molecule is Cc1nc(C2CCN(C(=O)CN)CC2)cc(=O)[nH]1. The van der Waals surface area contributed by atoms with E-state index in [1.807, 2.05) is 0 Å². The molecule has 1 fully saturated rings. The quantitative estimate of drug-likeness (QED) is 0.756. The highest BCUT2D eigenvalue weighted by Gasteiger charge is 2.24. The van der Waals surface area contributed by atoms with Gasteiger partial charge in [-0.05, 0) is 19.8 Å². The molecule has 0 aliphatic carbocycles. The van der Waals surface area contributed by atoms with Crippen molar-refractivity contribution in [3.8, 4) is 0 Å². The third-order valence-corrected chi connectivity index (χ3v) is 3.32. The maximum Gasteiger partial charge on any atom is 0.251 e. The van der Waals surface area contributed by atoms with Gasteiger partial charge in [-0.1, -0.05) is 0 Å². The number of aromatic amines is 1. The number of piperidine rings is 1. The van der Waals surface area contributed by atoms with E-state index < -0.39 is 0 Å². The van der Waals surface area contributed by atoms with Gasteiger partial charge in [-0.3, -0.25) is 9.59 Å². The molecule has 0 bridgehead atoms. The van der Waals surface area contributed by atoms with Gasteiger partial charge in [0.05, 0.1) is 12.2 Å². The molecule has 0 unspecified atom stereocenters. The Morgan fingerprint density at radius 2 is 2.22 bits per heavy atom. The van der Waals surface area contributed by atoms with Gasteiger partial charge in [0.25, 0.3) is 5.56 Å². The van der Waals surface area contributed by atoms with E-state index in [2.05, 4.69) is 9.97 Å². The summed E-state index contributed by atoms with van der Waals surface area (Å²) >= 11 is 0. The normalized spacial score (nSPS) is 16.9. The zero-order valence-electron chi connectivity index (χ0n) is 10.5. The molecule has 1 aromatic heterocycles. The van der Waals surface area contributed by atoms with E-state index in [0.717, 1.165) is 18.5 Å². The minimum atomic E-state index is -0.113. The van der Waals surface area contributed by atoms with Crippen molar-refractivity contribution in [2.75, 3.05) is 19.6 Å². The molecule has 6 nitrogen and oxygen atoms in total. The van der Waals surface area contributed by atoms with Gasteiger partial charge in [0, 0.05) is 25.1 Å². The highest BCUT2D eigenvalue weighted by Crippen LogP contribution is 2.25. The van der Waals surface area contributed by atoms with Crippen molar-refractivity contribution in [3.05, 3.63) is 27.9 Å². The van der Waals surface area contributed by atoms with E-state index in [1.54, 1.807) is 17.9 Å². The molecule has 0 radical (unpaired) electrons. The van der Waals surface area contributed by atoms with Crippen LogP contribution in [0.25, 0.3) is 0 Å². The van der Waals surface area contributed by atoms with E-state index in [4.69, 9.17) is 5.73 Å². The fraction of sp³-hybridized carbons (Fsp3) is 0.583. The van der Waals surface area contributed by atoms with E-state index in [9.17, 15) is 9.59 Å². The predicted molar refractivity (Wildman–Crippen MR) is 67.2 cm³/mol. The Hall–Kier alpha value is -1.69. The van der Waals surface area contributed by atoms with Crippen LogP contribution in [-0.4, -0.2) is 40.4 Å². The van der Waals surface area contributed by atoms with Crippen LogP contribution in [0.5, 0.6) is 0 Å². The molecular weight excluding hydrogens is 232 g/mol. The first-order valence-corrected chi connectivity index (χ1v) is 6.16. The number of nitrogens with two attached hydrogens (primary N) is 1. The summed E-state index contributed by atoms with van der Waals surface area (Å²) in [6.07, 6.45) is 1.67. The number of carbonyl (C=O) groups excluding carboxylic acids is 1. The molecule has 3 N–H and O–H groups in total. The van der Waals surface area contributed by atoms with Crippen LogP contribution in [0.2, 0.25) is 0 Å². The molecule has 0 atom stereocenters. The highest BCUT2D eigenvalue weighted by molar-refractivity contribution is 5.78. The smallest absolute Gasteiger partial charge is 0.251 e. The molecule has 1 aliphatic heterocycles. The van der Waals surface area contributed by atoms with Crippen molar-refractivity contribution in [1.82, 2.24) is 14.9 Å². The number of amides is 1. The van der Waals surface area contributed by atoms with E-state index >= 15 is 0 Å². The zero-order valence-corrected chi connectivity index (χ0v) is 10.5. The number of likely N-dealkylation sites (tertiary alicyclic amines) is 1. The average Bonchev–Trinajstić information content (AvgIpc) is 2.37. The Morgan fingerprint density at radius 3 is 2.78 bits per heavy atom. The van der Waals surface area contributed by atoms with Gasteiger partial charge >= 0.3 is 0 Å². The molecule has 98 valence electrons. The number of carbonyl (C=O) groups is 1. The van der Waals surface area contributed by atoms with Gasteiger partial charge in [-0.25, -0.2) is 4.98 Å². The summed E-state index contributed by atoms with van der Waals surface area (Å²) in [4.78, 5) is 31.6. The van der Waals surface area contributed by atoms with Gasteiger partial charge in [0.2, 0.25) is 5.91 Å². The van der Waals surface area contributed by atoms with Crippen LogP contribution in [0.1, 0.15) is 30.3 Å². The molecule has 6 heteroatoms. The number of hydrogen-bond donors (Lipinski definition) is 2. The van der Waals surface area contributed by atoms with Gasteiger partial charge in [-0.15, -0.1) is 0 Å². The lowest BCUT2D eigenvalue weighted by atomic mass is 9.93. The molecule has 0 aromatic carbocycles. The predicted octanol–water partition coefficient (Wildman–Crippen LogP) is -0.257. The maximum atomic E-state index is 11.4. The number of H-pyrrole nitrogens is 1. The Morgan fingerprint density at radius 1 is 1.56 bits per heavy atom. The molecule has 1 amide bonds. The Bertz CT molecular complexity index is 489. The Labute approximate surface area is 105 Å². The van der Waals surface area contributed by atoms with Gasteiger partial charge in [0.1, 0.15) is 5.82 Å². The first-order valence-electron chi connectivity index (χ1n) is 6.16. The lowest BCUT2D eigenvalue weighted by molar-refractivity contribution is -0.130. The van der Waals surface area contributed by atoms with Crippen molar-refractivity contribution in [2.45, 2.75) is 25.7 Å². The van der Waals surface area contributed by atoms with Gasteiger partial charge in [0.15, 0.2) is 0 Å². The Balaban J connectivity index is 2.05. The van der Waals surface area contributed by atoms with Crippen LogP contribution >= 0.6 is 0 Å². The lowest BCUT2D eigenvalue weighted by Gasteiger charge is -2.31. The molecule has 18 heavy (non-hydrogen) atoms. The zero-order chi connectivity index (χ0) is 13.1. The summed E-state index contributed by atoms with van der Waals surface area (Å²) in [6.45, 7) is 3.22. The number of aromatic nitrogens is 2. The van der Waals surface area contributed by atoms with Crippen molar-refractivity contribution >= 4 is 5.91 Å². The summed E-state index contributed by atoms with van der Waals surface area (Å²) in [7, 11) is 0. The van der Waals surface area contributed by atoms with Crippen LogP contribution < -0.4 is 11.3 Å². The number of nitrogens with zero attached hydrogens (tertiary/aromatic N) is 2. The molecule has 1 aliphatic rings. The maximum absolute atomic E-state index is 11.4. The first-order chi connectivity index (χ1) is 8.60. The van der Waals surface area contributed by atoms with Crippen molar-refractivity contribution in [3.63, 3.8) is 0 Å². The van der Waals surface area contributed by atoms with E-state index in [1.165, 1.54) is 0 Å². The molecule has 0 saturated carbocycles. The van der Waals surface area contributed by atoms with Crippen molar-refractivity contribution in [1.29, 1.82) is 0 Å². The highest BCUT2D eigenvalue weighted by atomic mass is 16.2. The van der Waals surface area contributed by atoms with Crippen LogP contribution in [-0.2, 0) is 4.79 Å². The summed E-state index contributed by atoms with van der Waals surface area (Å²) in [5, 5.41) is 0. The topological polar surface area (TPSA) is 92.1 Å². The van der Waals surface area contributed by atoms with Crippen LogP contribution in [0.3, 0.4) is 0 Å². The summed E-state index contributed by atoms with van der Waals surface area (Å²) in [6, 6.07) is 1.55. The number of hydrogen-bond acceptors (Lipinski definition) is 4. The fourth-order valence-corrected chi connectivity index (χ4v) is 2.37. The van der Waals surface area contributed by atoms with Crippen LogP contribution in [0, 0.1) is 6.92 Å². The lowest BCUT2D eigenvalue weighted by Crippen LogP contribution is -2.41. The standard InChI is InChI=1S/C12H18N4O2/c1-8-14-10(6-11(17)15-8)9-2-4-16(5-3-9)12(18)7-13/h6,9H,2-5,7,13H2,1H3,(H,14,15,17). The third-order valence-electron chi connectivity index (χ3n) is 3.32. The fourth-order valence-electron chi connectivity index (χ4n) is 2.37. The van der Waals surface area contributed by atoms with Gasteiger partial charge in [-0.2, -0.15) is 0 Å². The Kier molecular flexibility index (Phi) is 3.76. The average molecular weight is 250 g/mol. The number of nitrogens with one attached hydrogen (secondary N) is 1. The second kappa shape index (κ2) is 5.30. The molecule has 2 heterocycles. The minimum Gasteiger partial charge on any atom is -0.342 e. The molecular formula is C12H18N4O2. The summed E-state index contributed by atoms with van der Waals surface area (Å²) < 4.78 is 0. The molecule has 0 spiro atoms. The first kappa shape index (κ1) is 12.8. The van der Waals surface area contributed by atoms with E-state index in [0.29, 0.717) is 18.9 Å². The largest absolute Gasteiger partial charge is 0.342 e. The van der Waals surface area contributed by atoms with Crippen molar-refractivity contribution in [2.24, 2.45) is 5.73 Å².